The number of rotatable bonds is 29. The average Bonchev–Trinajstić information content (AvgIpc) is 3.38. The zero-order chi connectivity index (χ0) is 67.4. The van der Waals surface area contributed by atoms with Gasteiger partial charge in [0, 0.05) is 6.07 Å². The molecular formula is C69H78O21. The van der Waals surface area contributed by atoms with E-state index >= 15 is 0 Å². The predicted octanol–water partition coefficient (Wildman–Crippen LogP) is 13.3. The number of aliphatic hydroxyl groups is 1. The highest BCUT2D eigenvalue weighted by Crippen LogP contribution is 2.27. The molecule has 0 aliphatic rings. The van der Waals surface area contributed by atoms with Crippen LogP contribution in [0.25, 0.3) is 0 Å². The molecular weight excluding hydrogens is 1160 g/mol. The van der Waals surface area contributed by atoms with Crippen LogP contribution in [0, 0.1) is 6.92 Å². The fourth-order valence-corrected chi connectivity index (χ4v) is 6.48. The van der Waals surface area contributed by atoms with E-state index in [0.717, 1.165) is 11.1 Å². The number of allylic oxidation sites excluding steroid dienone is 2. The first kappa shape index (κ1) is 77.0. The van der Waals surface area contributed by atoms with E-state index in [9.17, 15) is 28.8 Å². The minimum atomic E-state index is -1.07. The Kier molecular flexibility index (Phi) is 38.0. The van der Waals surface area contributed by atoms with E-state index in [0.29, 0.717) is 73.1 Å². The summed E-state index contributed by atoms with van der Waals surface area (Å²) in [6, 6.07) is 33.7. The van der Waals surface area contributed by atoms with Gasteiger partial charge in [-0.1, -0.05) is 97.1 Å². The van der Waals surface area contributed by atoms with E-state index in [2.05, 4.69) is 26.3 Å². The summed E-state index contributed by atoms with van der Waals surface area (Å²) in [5.74, 6) is -2.76. The van der Waals surface area contributed by atoms with Gasteiger partial charge >= 0.3 is 35.8 Å². The van der Waals surface area contributed by atoms with Crippen LogP contribution in [0.5, 0.6) is 46.0 Å². The number of carbonyl (C=O) groups is 6. The summed E-state index contributed by atoms with van der Waals surface area (Å²) in [4.78, 5) is 64.9. The molecule has 90 heavy (non-hydrogen) atoms. The molecule has 0 amide bonds. The Balaban J connectivity index is 0.000000541. The molecule has 0 heterocycles. The minimum Gasteiger partial charge on any atom is -0.497 e. The molecule has 0 saturated carbocycles. The second-order valence-electron chi connectivity index (χ2n) is 18.4. The number of para-hydroxylation sites is 2. The third-order valence-corrected chi connectivity index (χ3v) is 10.8. The summed E-state index contributed by atoms with van der Waals surface area (Å²) in [5.41, 5.74) is 4.16. The van der Waals surface area contributed by atoms with Crippen LogP contribution in [0.4, 0.5) is 0 Å². The molecule has 0 radical (unpaired) electrons. The Morgan fingerprint density at radius 3 is 1.30 bits per heavy atom. The van der Waals surface area contributed by atoms with Gasteiger partial charge in [0.2, 0.25) is 0 Å². The third kappa shape index (κ3) is 31.4. The van der Waals surface area contributed by atoms with Crippen LogP contribution < -0.4 is 37.9 Å². The van der Waals surface area contributed by atoms with Crippen LogP contribution in [0.15, 0.2) is 201 Å². The lowest BCUT2D eigenvalue weighted by Crippen LogP contribution is -2.05. The number of aromatic carboxylic acids is 6. The van der Waals surface area contributed by atoms with Gasteiger partial charge in [-0.3, -0.25) is 0 Å². The molecule has 21 heteroatoms. The fraction of sp³-hybridized carbons (Fsp3) is 0.217. The minimum absolute atomic E-state index is 0.0585. The highest BCUT2D eigenvalue weighted by atomic mass is 16.5. The SMILES string of the molecule is C=CCCOc1ccccc1C(=O)O.C=CCOc1cc(OCCO)ccc1C(=O)O.C=CCOc1ccc(C)cc1C(=O)O.C=CCOc1ccc(OC)cc1C(=O)O.CC(C)=CCOc1cccc(C(=O)O)c1.CC(C)=CCOc1ccccc1C(=O)O. The maximum atomic E-state index is 10.9. The molecule has 0 atom stereocenters. The summed E-state index contributed by atoms with van der Waals surface area (Å²) in [6.45, 7) is 25.9. The number of carboxylic acids is 6. The van der Waals surface area contributed by atoms with Crippen LogP contribution >= 0.6 is 0 Å². The summed E-state index contributed by atoms with van der Waals surface area (Å²) in [7, 11) is 1.48. The smallest absolute Gasteiger partial charge is 0.339 e. The first-order valence-corrected chi connectivity index (χ1v) is 27.3. The molecule has 7 N–H and O–H groups in total. The Morgan fingerprint density at radius 2 is 0.822 bits per heavy atom. The van der Waals surface area contributed by atoms with Crippen molar-refractivity contribution < 1.29 is 102 Å². The number of carboxylic acid groups (broad SMARTS) is 6. The average molecular weight is 1240 g/mol. The van der Waals surface area contributed by atoms with E-state index in [-0.39, 0.29) is 65.6 Å². The maximum absolute atomic E-state index is 10.9. The lowest BCUT2D eigenvalue weighted by Gasteiger charge is -2.10. The van der Waals surface area contributed by atoms with Crippen LogP contribution in [0.3, 0.4) is 0 Å². The molecule has 0 aliphatic heterocycles. The summed E-state index contributed by atoms with van der Waals surface area (Å²) < 4.78 is 41.7. The van der Waals surface area contributed by atoms with E-state index < -0.39 is 35.8 Å². The number of hydrogen-bond donors (Lipinski definition) is 7. The van der Waals surface area contributed by atoms with Gasteiger partial charge in [0.25, 0.3) is 0 Å². The Bertz CT molecular complexity index is 3350. The monoisotopic (exact) mass is 1240 g/mol. The van der Waals surface area contributed by atoms with Crippen LogP contribution in [-0.2, 0) is 0 Å². The van der Waals surface area contributed by atoms with Crippen molar-refractivity contribution in [1.29, 1.82) is 0 Å². The van der Waals surface area contributed by atoms with Gasteiger partial charge in [-0.2, -0.15) is 0 Å². The van der Waals surface area contributed by atoms with Crippen LogP contribution in [0.1, 0.15) is 102 Å². The molecule has 0 saturated heterocycles. The molecule has 0 aromatic heterocycles. The van der Waals surface area contributed by atoms with Gasteiger partial charge in [0.1, 0.15) is 113 Å². The zero-order valence-corrected chi connectivity index (χ0v) is 51.1. The van der Waals surface area contributed by atoms with Gasteiger partial charge in [-0.25, -0.2) is 28.8 Å². The maximum Gasteiger partial charge on any atom is 0.339 e. The summed E-state index contributed by atoms with van der Waals surface area (Å²) in [6.07, 6.45) is 10.9. The lowest BCUT2D eigenvalue weighted by atomic mass is 10.1. The standard InChI is InChI=1S/C12H14O5.2C12H14O3.C11H12O4.2C11H12O3/c1-2-6-17-11-8-9(16-7-5-13)3-4-10(11)12(14)15;1-9(2)6-7-15-11-5-3-4-10(8-11)12(13)14;1-9(2)7-8-15-11-6-4-3-5-10(11)12(13)14;1-3-6-15-10-5-4-8(14-2)7-9(10)11(12)13;1-3-6-14-10-5-4-8(2)7-9(10)11(12)13;1-2-3-8-14-10-7-5-4-6-9(10)11(12)13/h2-4,8,13H,1,5-7H2,(H,14,15);3-6,8H,7H2,1-2H3,(H,13,14);3-7H,8H2,1-2H3,(H,13,14);3-5,7H,1,6H2,2H3,(H,12,13);3-5,7H,1,6H2,2H3,(H,12,13);2,4-7H,1,3,8H2,(H,12,13). The molecule has 480 valence electrons. The Labute approximate surface area is 523 Å². The van der Waals surface area contributed by atoms with Gasteiger partial charge in [0.05, 0.1) is 25.9 Å². The number of aliphatic hydroxyl groups excluding tert-OH is 1. The quantitative estimate of drug-likeness (QED) is 0.0169. The second kappa shape index (κ2) is 44.4. The van der Waals surface area contributed by atoms with Gasteiger partial charge in [-0.15, -0.1) is 6.58 Å². The molecule has 0 aliphatic carbocycles. The summed E-state index contributed by atoms with van der Waals surface area (Å²) in [5, 5.41) is 61.8. The first-order valence-electron chi connectivity index (χ1n) is 27.3. The number of aryl methyl sites for hydroxylation is 1. The molecule has 0 bridgehead atoms. The highest BCUT2D eigenvalue weighted by Gasteiger charge is 2.15. The van der Waals surface area contributed by atoms with E-state index in [1.807, 2.05) is 52.8 Å². The van der Waals surface area contributed by atoms with Crippen molar-refractivity contribution in [3.63, 3.8) is 0 Å². The fourth-order valence-electron chi connectivity index (χ4n) is 6.48. The normalized spacial score (nSPS) is 9.50. The van der Waals surface area contributed by atoms with Gasteiger partial charge in [0.15, 0.2) is 0 Å². The molecule has 0 spiro atoms. The highest BCUT2D eigenvalue weighted by molar-refractivity contribution is 5.93. The molecule has 6 aromatic rings. The van der Waals surface area contributed by atoms with Crippen molar-refractivity contribution in [3.05, 3.63) is 240 Å². The number of benzene rings is 6. The Morgan fingerprint density at radius 1 is 0.389 bits per heavy atom. The molecule has 21 nitrogen and oxygen atoms in total. The van der Waals surface area contributed by atoms with Gasteiger partial charge < -0.3 is 73.6 Å². The van der Waals surface area contributed by atoms with Crippen molar-refractivity contribution in [2.24, 2.45) is 0 Å². The topological polar surface area (TPSA) is 318 Å². The van der Waals surface area contributed by atoms with Crippen LogP contribution in [-0.4, -0.2) is 132 Å². The zero-order valence-electron chi connectivity index (χ0n) is 51.1. The summed E-state index contributed by atoms with van der Waals surface area (Å²) >= 11 is 0. The predicted molar refractivity (Wildman–Crippen MR) is 342 cm³/mol. The molecule has 0 fully saturated rings. The second-order valence-corrected chi connectivity index (χ2v) is 18.4. The number of ether oxygens (including phenoxy) is 8. The van der Waals surface area contributed by atoms with Gasteiger partial charge in [-0.05, 0) is 138 Å². The molecule has 6 rings (SSSR count). The van der Waals surface area contributed by atoms with E-state index in [1.54, 1.807) is 91.0 Å². The lowest BCUT2D eigenvalue weighted by molar-refractivity contribution is 0.0681. The Hall–Kier alpha value is -11.1. The van der Waals surface area contributed by atoms with Crippen LogP contribution in [0.2, 0.25) is 0 Å². The number of methoxy groups -OCH3 is 1. The third-order valence-electron chi connectivity index (χ3n) is 10.8. The van der Waals surface area contributed by atoms with Crippen molar-refractivity contribution in [2.75, 3.05) is 60.0 Å². The van der Waals surface area contributed by atoms with Crippen molar-refractivity contribution >= 4 is 35.8 Å². The number of hydrogen-bond acceptors (Lipinski definition) is 15. The first-order chi connectivity index (χ1) is 43.0. The van der Waals surface area contributed by atoms with Crippen molar-refractivity contribution in [1.82, 2.24) is 0 Å². The molecule has 0 unspecified atom stereocenters. The van der Waals surface area contributed by atoms with E-state index in [1.165, 1.54) is 67.3 Å². The largest absolute Gasteiger partial charge is 0.497 e. The molecule has 6 aromatic carbocycles. The van der Waals surface area contributed by atoms with Crippen molar-refractivity contribution in [3.8, 4) is 46.0 Å². The van der Waals surface area contributed by atoms with Crippen molar-refractivity contribution in [2.45, 2.75) is 41.0 Å². The van der Waals surface area contributed by atoms with E-state index in [4.69, 9.17) is 73.6 Å².